The number of halogens is 2. The van der Waals surface area contributed by atoms with Gasteiger partial charge in [0, 0.05) is 32.3 Å². The van der Waals surface area contributed by atoms with E-state index < -0.39 is 0 Å². The van der Waals surface area contributed by atoms with E-state index in [2.05, 4.69) is 72.5 Å². The molecule has 0 saturated carbocycles. The van der Waals surface area contributed by atoms with Crippen molar-refractivity contribution in [2.45, 2.75) is 13.5 Å². The van der Waals surface area contributed by atoms with Gasteiger partial charge in [-0.3, -0.25) is 4.98 Å². The molecule has 1 N–H and O–H groups in total. The molecule has 1 aromatic heterocycles. The van der Waals surface area contributed by atoms with Gasteiger partial charge in [0.2, 0.25) is 0 Å². The molecule has 0 amide bonds. The van der Waals surface area contributed by atoms with Crippen LogP contribution in [0.2, 0.25) is 0 Å². The van der Waals surface area contributed by atoms with Gasteiger partial charge in [-0.25, -0.2) is 0 Å². The Hall–Kier alpha value is -1.39. The van der Waals surface area contributed by atoms with Crippen LogP contribution in [0.3, 0.4) is 0 Å². The lowest BCUT2D eigenvalue weighted by atomic mass is 10.1. The number of nitrogens with one attached hydrogen (secondary N) is 1. The lowest BCUT2D eigenvalue weighted by Gasteiger charge is -2.10. The number of benzene rings is 2. The monoisotopic (exact) mass is 404 g/mol. The quantitative estimate of drug-likeness (QED) is 0.606. The molecule has 1 heterocycles. The van der Waals surface area contributed by atoms with Crippen molar-refractivity contribution in [3.63, 3.8) is 0 Å². The molecule has 2 nitrogen and oxygen atoms in total. The predicted octanol–water partition coefficient (Wildman–Crippen LogP) is 5.68. The van der Waals surface area contributed by atoms with Crippen molar-refractivity contribution in [3.8, 4) is 0 Å². The number of aryl methyl sites for hydroxylation is 1. The van der Waals surface area contributed by atoms with E-state index in [-0.39, 0.29) is 0 Å². The number of nitrogens with zero attached hydrogens (tertiary/aromatic N) is 1. The molecule has 3 rings (SSSR count). The van der Waals surface area contributed by atoms with Crippen LogP contribution in [0.4, 0.5) is 5.69 Å². The minimum Gasteiger partial charge on any atom is -0.380 e. The summed E-state index contributed by atoms with van der Waals surface area (Å²) < 4.78 is 2.12. The van der Waals surface area contributed by atoms with Crippen molar-refractivity contribution >= 4 is 48.5 Å². The van der Waals surface area contributed by atoms with Crippen LogP contribution in [0.1, 0.15) is 11.3 Å². The summed E-state index contributed by atoms with van der Waals surface area (Å²) in [6, 6.07) is 16.7. The maximum absolute atomic E-state index is 4.53. The molecule has 4 heteroatoms. The van der Waals surface area contributed by atoms with E-state index in [1.54, 1.807) is 0 Å². The highest BCUT2D eigenvalue weighted by Crippen LogP contribution is 2.26. The van der Waals surface area contributed by atoms with E-state index in [0.29, 0.717) is 0 Å². The molecular weight excluding hydrogens is 392 g/mol. The van der Waals surface area contributed by atoms with Gasteiger partial charge in [-0.05, 0) is 64.8 Å². The Balaban J connectivity index is 1.82. The second-order valence-corrected chi connectivity index (χ2v) is 6.73. The molecule has 0 spiro atoms. The van der Waals surface area contributed by atoms with Gasteiger partial charge < -0.3 is 5.32 Å². The molecule has 0 radical (unpaired) electrons. The Labute approximate surface area is 140 Å². The van der Waals surface area contributed by atoms with E-state index in [1.807, 2.05) is 25.1 Å². The second kappa shape index (κ2) is 6.16. The topological polar surface area (TPSA) is 24.9 Å². The van der Waals surface area contributed by atoms with Crippen molar-refractivity contribution in [2.75, 3.05) is 5.32 Å². The molecule has 0 bridgehead atoms. The van der Waals surface area contributed by atoms with Crippen molar-refractivity contribution in [2.24, 2.45) is 0 Å². The summed E-state index contributed by atoms with van der Waals surface area (Å²) in [7, 11) is 0. The molecule has 2 aromatic carbocycles. The van der Waals surface area contributed by atoms with Crippen LogP contribution in [-0.2, 0) is 6.54 Å². The maximum Gasteiger partial charge on any atom is 0.0705 e. The Morgan fingerprint density at radius 1 is 1.00 bits per heavy atom. The molecule has 0 aliphatic rings. The first-order valence-electron chi connectivity index (χ1n) is 6.67. The minimum atomic E-state index is 0.777. The minimum absolute atomic E-state index is 0.777. The zero-order valence-corrected chi connectivity index (χ0v) is 14.7. The normalized spacial score (nSPS) is 10.8. The van der Waals surface area contributed by atoms with Crippen molar-refractivity contribution in [1.29, 1.82) is 0 Å². The fraction of sp³-hybridized carbons (Fsp3) is 0.118. The van der Waals surface area contributed by atoms with E-state index >= 15 is 0 Å². The molecule has 0 aliphatic heterocycles. The summed E-state index contributed by atoms with van der Waals surface area (Å²) in [4.78, 5) is 4.53. The molecule has 0 unspecified atom stereocenters. The van der Waals surface area contributed by atoms with Crippen LogP contribution in [0.5, 0.6) is 0 Å². The Bertz CT molecular complexity index is 800. The molecular formula is C17H14Br2N2. The molecule has 0 fully saturated rings. The van der Waals surface area contributed by atoms with Crippen molar-refractivity contribution in [3.05, 3.63) is 68.7 Å². The van der Waals surface area contributed by atoms with Crippen LogP contribution >= 0.6 is 31.9 Å². The van der Waals surface area contributed by atoms with Gasteiger partial charge in [-0.1, -0.05) is 28.1 Å². The number of aromatic nitrogens is 1. The predicted molar refractivity (Wildman–Crippen MR) is 95.6 cm³/mol. The van der Waals surface area contributed by atoms with E-state index in [1.165, 1.54) is 10.9 Å². The third kappa shape index (κ3) is 3.44. The Morgan fingerprint density at radius 3 is 2.71 bits per heavy atom. The molecule has 106 valence electrons. The number of pyridine rings is 1. The lowest BCUT2D eigenvalue weighted by Crippen LogP contribution is -2.00. The zero-order valence-electron chi connectivity index (χ0n) is 11.5. The van der Waals surface area contributed by atoms with Crippen molar-refractivity contribution < 1.29 is 0 Å². The highest BCUT2D eigenvalue weighted by Gasteiger charge is 2.02. The fourth-order valence-electron chi connectivity index (χ4n) is 2.22. The van der Waals surface area contributed by atoms with E-state index in [4.69, 9.17) is 0 Å². The van der Waals surface area contributed by atoms with Gasteiger partial charge in [-0.2, -0.15) is 0 Å². The van der Waals surface area contributed by atoms with Gasteiger partial charge in [0.05, 0.1) is 5.52 Å². The summed E-state index contributed by atoms with van der Waals surface area (Å²) in [6.07, 6.45) is 0. The van der Waals surface area contributed by atoms with Gasteiger partial charge in [-0.15, -0.1) is 0 Å². The summed E-state index contributed by atoms with van der Waals surface area (Å²) in [6.45, 7) is 2.79. The first-order valence-corrected chi connectivity index (χ1v) is 8.26. The third-order valence-corrected chi connectivity index (χ3v) is 4.49. The first kappa shape index (κ1) is 14.5. The van der Waals surface area contributed by atoms with Gasteiger partial charge in [0.25, 0.3) is 0 Å². The second-order valence-electron chi connectivity index (χ2n) is 4.96. The highest BCUT2D eigenvalue weighted by molar-refractivity contribution is 9.11. The summed E-state index contributed by atoms with van der Waals surface area (Å²) >= 11 is 7.05. The van der Waals surface area contributed by atoms with Crippen LogP contribution in [0, 0.1) is 6.92 Å². The number of hydrogen-bond acceptors (Lipinski definition) is 2. The molecule has 0 aliphatic carbocycles. The molecule has 0 saturated heterocycles. The largest absolute Gasteiger partial charge is 0.380 e. The smallest absolute Gasteiger partial charge is 0.0705 e. The van der Waals surface area contributed by atoms with E-state index in [0.717, 1.165) is 32.4 Å². The number of anilines is 1. The van der Waals surface area contributed by atoms with Gasteiger partial charge in [0.1, 0.15) is 0 Å². The molecule has 0 atom stereocenters. The lowest BCUT2D eigenvalue weighted by molar-refractivity contribution is 1.15. The van der Waals surface area contributed by atoms with Gasteiger partial charge in [0.15, 0.2) is 0 Å². The van der Waals surface area contributed by atoms with E-state index in [9.17, 15) is 0 Å². The standard InChI is InChI=1S/C17H14Br2N2/c1-11-2-4-13-8-12(3-7-16(13)21-11)10-20-17-9-14(18)5-6-15(17)19/h2-9,20H,10H2,1H3. The van der Waals surface area contributed by atoms with Gasteiger partial charge >= 0.3 is 0 Å². The summed E-state index contributed by atoms with van der Waals surface area (Å²) in [5, 5.41) is 4.62. The first-order chi connectivity index (χ1) is 10.1. The van der Waals surface area contributed by atoms with Crippen LogP contribution in [-0.4, -0.2) is 4.98 Å². The average Bonchev–Trinajstić information content (AvgIpc) is 2.48. The van der Waals surface area contributed by atoms with Crippen molar-refractivity contribution in [1.82, 2.24) is 4.98 Å². The Morgan fingerprint density at radius 2 is 1.86 bits per heavy atom. The zero-order chi connectivity index (χ0) is 14.8. The molecule has 3 aromatic rings. The number of hydrogen-bond donors (Lipinski definition) is 1. The summed E-state index contributed by atoms with van der Waals surface area (Å²) in [5.74, 6) is 0. The molecule has 21 heavy (non-hydrogen) atoms. The Kier molecular flexibility index (Phi) is 4.27. The van der Waals surface area contributed by atoms with Crippen LogP contribution in [0.25, 0.3) is 10.9 Å². The third-order valence-electron chi connectivity index (χ3n) is 3.30. The summed E-state index contributed by atoms with van der Waals surface area (Å²) in [5.41, 5.74) is 4.40. The maximum atomic E-state index is 4.53. The SMILES string of the molecule is Cc1ccc2cc(CNc3cc(Br)ccc3Br)ccc2n1. The van der Waals surface area contributed by atoms with Crippen LogP contribution in [0.15, 0.2) is 57.5 Å². The number of rotatable bonds is 3. The number of fused-ring (bicyclic) bond motifs is 1. The van der Waals surface area contributed by atoms with Crippen LogP contribution < -0.4 is 5.32 Å². The average molecular weight is 406 g/mol. The highest BCUT2D eigenvalue weighted by atomic mass is 79.9. The fourth-order valence-corrected chi connectivity index (χ4v) is 2.97.